The van der Waals surface area contributed by atoms with E-state index >= 15 is 0 Å². The van der Waals surface area contributed by atoms with Gasteiger partial charge in [-0.3, -0.25) is 4.79 Å². The Morgan fingerprint density at radius 2 is 2.30 bits per heavy atom. The smallest absolute Gasteiger partial charge is 0.338 e. The number of nitrogens with one attached hydrogen (secondary N) is 2. The lowest BCUT2D eigenvalue weighted by atomic mass is 10.1. The van der Waals surface area contributed by atoms with Crippen molar-refractivity contribution in [2.45, 2.75) is 13.3 Å². The van der Waals surface area contributed by atoms with Crippen LogP contribution in [0, 0.1) is 5.92 Å². The highest BCUT2D eigenvalue weighted by Gasteiger charge is 2.23. The molecule has 0 aliphatic carbocycles. The van der Waals surface area contributed by atoms with Gasteiger partial charge in [0.05, 0.1) is 23.8 Å². The van der Waals surface area contributed by atoms with E-state index in [1.54, 1.807) is 25.1 Å². The molecule has 1 atom stereocenters. The highest BCUT2D eigenvalue weighted by atomic mass is 79.9. The fourth-order valence-electron chi connectivity index (χ4n) is 2.07. The summed E-state index contributed by atoms with van der Waals surface area (Å²) in [7, 11) is 0. The van der Waals surface area contributed by atoms with E-state index in [0.29, 0.717) is 28.9 Å². The summed E-state index contributed by atoms with van der Waals surface area (Å²) in [6, 6.07) is 5.00. The number of anilines is 1. The van der Waals surface area contributed by atoms with E-state index in [9.17, 15) is 9.59 Å². The quantitative estimate of drug-likeness (QED) is 0.824. The Morgan fingerprint density at radius 1 is 1.50 bits per heavy atom. The second-order valence-corrected chi connectivity index (χ2v) is 5.45. The molecule has 1 aliphatic heterocycles. The van der Waals surface area contributed by atoms with E-state index in [0.717, 1.165) is 13.0 Å². The summed E-state index contributed by atoms with van der Waals surface area (Å²) in [4.78, 5) is 23.6. The zero-order chi connectivity index (χ0) is 14.5. The topological polar surface area (TPSA) is 67.4 Å². The van der Waals surface area contributed by atoms with Gasteiger partial charge in [0.2, 0.25) is 5.91 Å². The Hall–Kier alpha value is -1.40. The van der Waals surface area contributed by atoms with E-state index in [-0.39, 0.29) is 17.8 Å². The van der Waals surface area contributed by atoms with Crippen LogP contribution >= 0.6 is 15.9 Å². The predicted molar refractivity (Wildman–Crippen MR) is 79.7 cm³/mol. The molecule has 0 aromatic heterocycles. The third-order valence-corrected chi connectivity index (χ3v) is 3.83. The minimum Gasteiger partial charge on any atom is -0.462 e. The fraction of sp³-hybridized carbons (Fsp3) is 0.429. The molecular formula is C14H17BrN2O3. The molecule has 1 saturated heterocycles. The first-order valence-corrected chi connectivity index (χ1v) is 7.39. The van der Waals surface area contributed by atoms with Gasteiger partial charge in [-0.25, -0.2) is 4.79 Å². The molecule has 1 aromatic rings. The Balaban J connectivity index is 2.05. The molecule has 6 heteroatoms. The van der Waals surface area contributed by atoms with Crippen LogP contribution in [0.15, 0.2) is 22.7 Å². The molecular weight excluding hydrogens is 324 g/mol. The van der Waals surface area contributed by atoms with Crippen molar-refractivity contribution < 1.29 is 14.3 Å². The van der Waals surface area contributed by atoms with E-state index in [2.05, 4.69) is 26.6 Å². The Kier molecular flexibility index (Phi) is 5.14. The zero-order valence-corrected chi connectivity index (χ0v) is 12.8. The van der Waals surface area contributed by atoms with Crippen LogP contribution < -0.4 is 10.6 Å². The van der Waals surface area contributed by atoms with Crippen molar-refractivity contribution in [2.24, 2.45) is 5.92 Å². The summed E-state index contributed by atoms with van der Waals surface area (Å²) in [6.07, 6.45) is 0.852. The molecule has 0 bridgehead atoms. The predicted octanol–water partition coefficient (Wildman–Crippen LogP) is 2.17. The Labute approximate surface area is 126 Å². The maximum atomic E-state index is 12.0. The molecule has 108 valence electrons. The molecule has 1 unspecified atom stereocenters. The number of rotatable bonds is 4. The number of amides is 1. The molecule has 1 heterocycles. The Bertz CT molecular complexity index is 513. The van der Waals surface area contributed by atoms with Gasteiger partial charge in [0, 0.05) is 11.0 Å². The van der Waals surface area contributed by atoms with Crippen LogP contribution in [0.4, 0.5) is 5.69 Å². The average molecular weight is 341 g/mol. The lowest BCUT2D eigenvalue weighted by molar-refractivity contribution is -0.119. The maximum Gasteiger partial charge on any atom is 0.338 e. The van der Waals surface area contributed by atoms with E-state index in [1.165, 1.54) is 0 Å². The zero-order valence-electron chi connectivity index (χ0n) is 11.2. The normalized spacial score (nSPS) is 17.8. The minimum atomic E-state index is -0.369. The van der Waals surface area contributed by atoms with Crippen LogP contribution in [0.5, 0.6) is 0 Å². The third-order valence-electron chi connectivity index (χ3n) is 3.17. The maximum absolute atomic E-state index is 12.0. The largest absolute Gasteiger partial charge is 0.462 e. The first kappa shape index (κ1) is 15.0. The molecule has 0 radical (unpaired) electrons. The van der Waals surface area contributed by atoms with Gasteiger partial charge in [0.15, 0.2) is 0 Å². The molecule has 1 aromatic carbocycles. The molecule has 1 fully saturated rings. The molecule has 2 rings (SSSR count). The highest BCUT2D eigenvalue weighted by molar-refractivity contribution is 9.10. The summed E-state index contributed by atoms with van der Waals surface area (Å²) < 4.78 is 5.60. The van der Waals surface area contributed by atoms with Gasteiger partial charge >= 0.3 is 5.97 Å². The van der Waals surface area contributed by atoms with Crippen molar-refractivity contribution in [1.29, 1.82) is 0 Å². The Morgan fingerprint density at radius 3 is 2.90 bits per heavy atom. The second-order valence-electron chi connectivity index (χ2n) is 4.59. The fourth-order valence-corrected chi connectivity index (χ4v) is 2.55. The van der Waals surface area contributed by atoms with Gasteiger partial charge in [-0.05, 0) is 54.0 Å². The van der Waals surface area contributed by atoms with Crippen LogP contribution in [0.1, 0.15) is 23.7 Å². The van der Waals surface area contributed by atoms with Gasteiger partial charge in [-0.2, -0.15) is 0 Å². The molecule has 5 nitrogen and oxygen atoms in total. The van der Waals surface area contributed by atoms with Gasteiger partial charge in [0.25, 0.3) is 0 Å². The minimum absolute atomic E-state index is 0.000385. The van der Waals surface area contributed by atoms with Crippen LogP contribution in [0.2, 0.25) is 0 Å². The monoisotopic (exact) mass is 340 g/mol. The average Bonchev–Trinajstić information content (AvgIpc) is 2.95. The molecule has 0 spiro atoms. The molecule has 1 aliphatic rings. The highest BCUT2D eigenvalue weighted by Crippen LogP contribution is 2.25. The van der Waals surface area contributed by atoms with Crippen molar-refractivity contribution in [3.8, 4) is 0 Å². The van der Waals surface area contributed by atoms with Gasteiger partial charge in [-0.15, -0.1) is 0 Å². The van der Waals surface area contributed by atoms with E-state index in [4.69, 9.17) is 4.74 Å². The third kappa shape index (κ3) is 3.58. The standard InChI is InChI=1S/C14H17BrN2O3/c1-2-20-14(19)9-3-4-12(11(15)7-9)17-13(18)10-5-6-16-8-10/h3-4,7,10,16H,2,5-6,8H2,1H3,(H,17,18). The number of ether oxygens (including phenoxy) is 1. The SMILES string of the molecule is CCOC(=O)c1ccc(NC(=O)C2CCNC2)c(Br)c1. The van der Waals surface area contributed by atoms with Crippen molar-refractivity contribution in [3.05, 3.63) is 28.2 Å². The lowest BCUT2D eigenvalue weighted by Crippen LogP contribution is -2.24. The molecule has 0 saturated carbocycles. The van der Waals surface area contributed by atoms with Gasteiger partial charge in [-0.1, -0.05) is 0 Å². The van der Waals surface area contributed by atoms with Crippen LogP contribution in [0.3, 0.4) is 0 Å². The lowest BCUT2D eigenvalue weighted by Gasteiger charge is -2.12. The number of hydrogen-bond acceptors (Lipinski definition) is 4. The number of carbonyl (C=O) groups excluding carboxylic acids is 2. The first-order chi connectivity index (χ1) is 9.61. The molecule has 1 amide bonds. The van der Waals surface area contributed by atoms with Crippen molar-refractivity contribution >= 4 is 33.5 Å². The van der Waals surface area contributed by atoms with Crippen molar-refractivity contribution in [3.63, 3.8) is 0 Å². The van der Waals surface area contributed by atoms with Crippen LogP contribution in [0.25, 0.3) is 0 Å². The van der Waals surface area contributed by atoms with Crippen LogP contribution in [-0.2, 0) is 9.53 Å². The number of carbonyl (C=O) groups is 2. The molecule has 20 heavy (non-hydrogen) atoms. The number of benzene rings is 1. The number of esters is 1. The summed E-state index contributed by atoms with van der Waals surface area (Å²) >= 11 is 3.37. The second kappa shape index (κ2) is 6.85. The molecule has 2 N–H and O–H groups in total. The van der Waals surface area contributed by atoms with E-state index < -0.39 is 0 Å². The number of halogens is 1. The number of hydrogen-bond donors (Lipinski definition) is 2. The summed E-state index contributed by atoms with van der Waals surface area (Å²) in [6.45, 7) is 3.69. The van der Waals surface area contributed by atoms with Gasteiger partial charge in [0.1, 0.15) is 0 Å². The van der Waals surface area contributed by atoms with Crippen molar-refractivity contribution in [2.75, 3.05) is 25.0 Å². The summed E-state index contributed by atoms with van der Waals surface area (Å²) in [5.41, 5.74) is 1.12. The summed E-state index contributed by atoms with van der Waals surface area (Å²) in [5.74, 6) is -0.364. The van der Waals surface area contributed by atoms with Gasteiger partial charge < -0.3 is 15.4 Å². The summed E-state index contributed by atoms with van der Waals surface area (Å²) in [5, 5.41) is 6.03. The first-order valence-electron chi connectivity index (χ1n) is 6.60. The van der Waals surface area contributed by atoms with E-state index in [1.807, 2.05) is 0 Å². The van der Waals surface area contributed by atoms with Crippen molar-refractivity contribution in [1.82, 2.24) is 5.32 Å². The van der Waals surface area contributed by atoms with Crippen LogP contribution in [-0.4, -0.2) is 31.6 Å².